The molecule has 0 saturated carbocycles. The third-order valence-corrected chi connectivity index (χ3v) is 2.97. The van der Waals surface area contributed by atoms with Crippen molar-refractivity contribution in [2.75, 3.05) is 26.2 Å². The lowest BCUT2D eigenvalue weighted by Gasteiger charge is -2.21. The third kappa shape index (κ3) is 10.3. The van der Waals surface area contributed by atoms with Crippen molar-refractivity contribution in [3.05, 3.63) is 12.7 Å². The van der Waals surface area contributed by atoms with E-state index in [4.69, 9.17) is 4.74 Å². The molecular weight excluding hydrogens is 226 g/mol. The molecule has 0 fully saturated rings. The molecule has 18 heavy (non-hydrogen) atoms. The van der Waals surface area contributed by atoms with Crippen molar-refractivity contribution in [2.24, 2.45) is 0 Å². The van der Waals surface area contributed by atoms with Crippen molar-refractivity contribution < 1.29 is 9.53 Å². The first-order valence-electron chi connectivity index (χ1n) is 7.26. The van der Waals surface area contributed by atoms with Crippen molar-refractivity contribution in [1.29, 1.82) is 0 Å². The maximum atomic E-state index is 11.0. The summed E-state index contributed by atoms with van der Waals surface area (Å²) in [7, 11) is 0. The molecule has 0 aromatic heterocycles. The summed E-state index contributed by atoms with van der Waals surface area (Å²) in [5, 5.41) is 0. The van der Waals surface area contributed by atoms with E-state index in [0.29, 0.717) is 6.61 Å². The van der Waals surface area contributed by atoms with E-state index in [2.05, 4.69) is 25.3 Å². The third-order valence-electron chi connectivity index (χ3n) is 2.97. The first kappa shape index (κ1) is 17.2. The lowest BCUT2D eigenvalue weighted by Crippen LogP contribution is -2.30. The SMILES string of the molecule is C=CC(=O)OCCN(CCCCC)CCCCC. The van der Waals surface area contributed by atoms with Gasteiger partial charge in [0.2, 0.25) is 0 Å². The summed E-state index contributed by atoms with van der Waals surface area (Å²) in [6.07, 6.45) is 8.73. The molecule has 3 nitrogen and oxygen atoms in total. The van der Waals surface area contributed by atoms with Gasteiger partial charge < -0.3 is 4.74 Å². The quantitative estimate of drug-likeness (QED) is 0.304. The van der Waals surface area contributed by atoms with E-state index in [0.717, 1.165) is 19.6 Å². The zero-order valence-electron chi connectivity index (χ0n) is 12.1. The van der Waals surface area contributed by atoms with Crippen LogP contribution in [0.4, 0.5) is 0 Å². The number of carbonyl (C=O) groups excluding carboxylic acids is 1. The summed E-state index contributed by atoms with van der Waals surface area (Å²) in [6, 6.07) is 0. The van der Waals surface area contributed by atoms with Crippen molar-refractivity contribution in [3.8, 4) is 0 Å². The number of hydrogen-bond donors (Lipinski definition) is 0. The summed E-state index contributed by atoms with van der Waals surface area (Å²) >= 11 is 0. The zero-order chi connectivity index (χ0) is 13.6. The van der Waals surface area contributed by atoms with Gasteiger partial charge in [-0.15, -0.1) is 0 Å². The molecule has 0 heterocycles. The van der Waals surface area contributed by atoms with Gasteiger partial charge in [-0.1, -0.05) is 46.1 Å². The van der Waals surface area contributed by atoms with Gasteiger partial charge in [0.25, 0.3) is 0 Å². The van der Waals surface area contributed by atoms with Crippen LogP contribution in [0.2, 0.25) is 0 Å². The Morgan fingerprint density at radius 1 is 1.06 bits per heavy atom. The van der Waals surface area contributed by atoms with Crippen molar-refractivity contribution >= 4 is 5.97 Å². The molecule has 106 valence electrons. The second-order valence-electron chi connectivity index (χ2n) is 4.63. The number of rotatable bonds is 12. The highest BCUT2D eigenvalue weighted by atomic mass is 16.5. The number of carbonyl (C=O) groups is 1. The average Bonchev–Trinajstić information content (AvgIpc) is 2.38. The summed E-state index contributed by atoms with van der Waals surface area (Å²) in [5.74, 6) is -0.322. The van der Waals surface area contributed by atoms with Crippen molar-refractivity contribution in [3.63, 3.8) is 0 Å². The predicted octanol–water partition coefficient (Wildman–Crippen LogP) is 3.40. The van der Waals surface area contributed by atoms with Gasteiger partial charge in [-0.2, -0.15) is 0 Å². The molecular formula is C15H29NO2. The molecule has 0 rings (SSSR count). The summed E-state index contributed by atoms with van der Waals surface area (Å²) in [4.78, 5) is 13.4. The minimum atomic E-state index is -0.322. The van der Waals surface area contributed by atoms with Gasteiger partial charge in [-0.25, -0.2) is 4.79 Å². The van der Waals surface area contributed by atoms with Gasteiger partial charge in [0.1, 0.15) is 6.61 Å². The molecule has 0 unspecified atom stereocenters. The lowest BCUT2D eigenvalue weighted by molar-refractivity contribution is -0.138. The van der Waals surface area contributed by atoms with E-state index in [-0.39, 0.29) is 5.97 Å². The minimum Gasteiger partial charge on any atom is -0.461 e. The Morgan fingerprint density at radius 2 is 1.61 bits per heavy atom. The fourth-order valence-corrected chi connectivity index (χ4v) is 1.84. The van der Waals surface area contributed by atoms with Crippen LogP contribution in [0, 0.1) is 0 Å². The first-order chi connectivity index (χ1) is 8.74. The molecule has 0 bridgehead atoms. The van der Waals surface area contributed by atoms with E-state index >= 15 is 0 Å². The highest BCUT2D eigenvalue weighted by Gasteiger charge is 2.05. The largest absolute Gasteiger partial charge is 0.461 e. The van der Waals surface area contributed by atoms with Crippen LogP contribution in [0.15, 0.2) is 12.7 Å². The molecule has 0 aliphatic rings. The molecule has 0 N–H and O–H groups in total. The fraction of sp³-hybridized carbons (Fsp3) is 0.800. The standard InChI is InChI=1S/C15H29NO2/c1-4-7-9-11-16(12-10-8-5-2)13-14-18-15(17)6-3/h6H,3-5,7-14H2,1-2H3. The molecule has 0 aromatic carbocycles. The number of ether oxygens (including phenoxy) is 1. The molecule has 3 heteroatoms. The molecule has 0 aromatic rings. The van der Waals surface area contributed by atoms with Crippen molar-refractivity contribution in [1.82, 2.24) is 4.90 Å². The van der Waals surface area contributed by atoms with E-state index < -0.39 is 0 Å². The number of unbranched alkanes of at least 4 members (excludes halogenated alkanes) is 4. The van der Waals surface area contributed by atoms with Crippen LogP contribution in [0.3, 0.4) is 0 Å². The van der Waals surface area contributed by atoms with Crippen LogP contribution < -0.4 is 0 Å². The van der Waals surface area contributed by atoms with E-state index in [9.17, 15) is 4.79 Å². The van der Waals surface area contributed by atoms with Crippen LogP contribution in [-0.2, 0) is 9.53 Å². The molecule has 0 spiro atoms. The van der Waals surface area contributed by atoms with E-state index in [1.54, 1.807) is 0 Å². The topological polar surface area (TPSA) is 29.5 Å². The Bertz CT molecular complexity index is 207. The second kappa shape index (κ2) is 12.6. The van der Waals surface area contributed by atoms with Gasteiger partial charge >= 0.3 is 5.97 Å². The Morgan fingerprint density at radius 3 is 2.06 bits per heavy atom. The Hall–Kier alpha value is -0.830. The van der Waals surface area contributed by atoms with Gasteiger partial charge in [0.15, 0.2) is 0 Å². The fourth-order valence-electron chi connectivity index (χ4n) is 1.84. The Labute approximate surface area is 112 Å². The van der Waals surface area contributed by atoms with Crippen molar-refractivity contribution in [2.45, 2.75) is 52.4 Å². The smallest absolute Gasteiger partial charge is 0.330 e. The van der Waals surface area contributed by atoms with Gasteiger partial charge in [0, 0.05) is 12.6 Å². The number of esters is 1. The Balaban J connectivity index is 3.79. The molecule has 0 aliphatic heterocycles. The summed E-state index contributed by atoms with van der Waals surface area (Å²) in [6.45, 7) is 11.4. The van der Waals surface area contributed by atoms with Crippen LogP contribution >= 0.6 is 0 Å². The maximum absolute atomic E-state index is 11.0. The molecule has 0 aliphatic carbocycles. The average molecular weight is 255 g/mol. The molecule has 0 atom stereocenters. The highest BCUT2D eigenvalue weighted by Crippen LogP contribution is 2.02. The minimum absolute atomic E-state index is 0.322. The summed E-state index contributed by atoms with van der Waals surface area (Å²) < 4.78 is 5.04. The van der Waals surface area contributed by atoms with Crippen LogP contribution in [0.1, 0.15) is 52.4 Å². The van der Waals surface area contributed by atoms with Crippen LogP contribution in [-0.4, -0.2) is 37.1 Å². The van der Waals surface area contributed by atoms with Crippen LogP contribution in [0.5, 0.6) is 0 Å². The van der Waals surface area contributed by atoms with Crippen LogP contribution in [0.25, 0.3) is 0 Å². The number of hydrogen-bond acceptors (Lipinski definition) is 3. The number of nitrogens with zero attached hydrogens (tertiary/aromatic N) is 1. The van der Waals surface area contributed by atoms with E-state index in [1.807, 2.05) is 0 Å². The predicted molar refractivity (Wildman–Crippen MR) is 76.6 cm³/mol. The van der Waals surface area contributed by atoms with E-state index in [1.165, 1.54) is 44.6 Å². The van der Waals surface area contributed by atoms with Gasteiger partial charge in [-0.05, 0) is 25.9 Å². The molecule has 0 saturated heterocycles. The first-order valence-corrected chi connectivity index (χ1v) is 7.26. The second-order valence-corrected chi connectivity index (χ2v) is 4.63. The van der Waals surface area contributed by atoms with Gasteiger partial charge in [0.05, 0.1) is 0 Å². The Kier molecular flexibility index (Phi) is 12.0. The molecule has 0 amide bonds. The zero-order valence-corrected chi connectivity index (χ0v) is 12.1. The lowest BCUT2D eigenvalue weighted by atomic mass is 10.2. The summed E-state index contributed by atoms with van der Waals surface area (Å²) in [5.41, 5.74) is 0. The normalized spacial score (nSPS) is 10.6. The maximum Gasteiger partial charge on any atom is 0.330 e. The highest BCUT2D eigenvalue weighted by molar-refractivity contribution is 5.81. The van der Waals surface area contributed by atoms with Gasteiger partial charge in [-0.3, -0.25) is 4.90 Å². The molecule has 0 radical (unpaired) electrons. The monoisotopic (exact) mass is 255 g/mol.